The van der Waals surface area contributed by atoms with E-state index >= 15 is 0 Å². The Morgan fingerprint density at radius 3 is 1.88 bits per heavy atom. The van der Waals surface area contributed by atoms with Crippen molar-refractivity contribution in [2.24, 2.45) is 0 Å². The van der Waals surface area contributed by atoms with Crippen LogP contribution in [0.15, 0.2) is 188 Å². The normalized spacial score (nSPS) is 16.5. The summed E-state index contributed by atoms with van der Waals surface area (Å²) < 4.78 is 195. The Kier molecular flexibility index (Phi) is 7.24. The number of rotatable bonds is 6. The maximum atomic E-state index is 9.99. The van der Waals surface area contributed by atoms with E-state index in [0.717, 1.165) is 21.9 Å². The van der Waals surface area contributed by atoms with E-state index in [1.807, 2.05) is 47.0 Å². The average molecular weight is 1160 g/mol. The number of nitrogens with zero attached hydrogens (tertiary/aromatic N) is 4. The molecule has 1 aliphatic heterocycles. The van der Waals surface area contributed by atoms with Crippen LogP contribution in [0.25, 0.3) is 106 Å². The third kappa shape index (κ3) is 7.64. The molecular weight excluding hydrogens is 1080 g/mol. The van der Waals surface area contributed by atoms with Gasteiger partial charge in [0.15, 0.2) is 0 Å². The van der Waals surface area contributed by atoms with Crippen LogP contribution in [0.2, 0.25) is 0 Å². The fourth-order valence-corrected chi connectivity index (χ4v) is 10.1. The molecule has 362 valence electrons. The van der Waals surface area contributed by atoms with Crippen LogP contribution in [0.1, 0.15) is 76.0 Å². The van der Waals surface area contributed by atoms with E-state index in [4.69, 9.17) is 28.9 Å². The van der Waals surface area contributed by atoms with Crippen molar-refractivity contribution in [3.05, 3.63) is 234 Å². The van der Waals surface area contributed by atoms with Crippen molar-refractivity contribution in [3.8, 4) is 84.3 Å². The summed E-state index contributed by atoms with van der Waals surface area (Å²) in [6, 6.07) is 35.9. The van der Waals surface area contributed by atoms with E-state index in [0.29, 0.717) is 11.3 Å². The van der Waals surface area contributed by atoms with E-state index < -0.39 is 126 Å². The summed E-state index contributed by atoms with van der Waals surface area (Å²) in [6.07, 6.45) is 5.17. The van der Waals surface area contributed by atoms with E-state index in [9.17, 15) is 8.22 Å². The number of ether oxygens (including phenoxy) is 1. The smallest absolute Gasteiger partial charge is 0.268 e. The molecule has 6 heteroatoms. The molecule has 0 aliphatic carbocycles. The Morgan fingerprint density at radius 2 is 1.18 bits per heavy atom. The minimum Gasteiger partial charge on any atom is -0.510 e. The van der Waals surface area contributed by atoms with E-state index in [1.54, 1.807) is 42.6 Å². The zero-order valence-electron chi connectivity index (χ0n) is 59.8. The molecule has 0 unspecified atom stereocenters. The molecule has 0 fully saturated rings. The van der Waals surface area contributed by atoms with Gasteiger partial charge in [-0.25, -0.2) is 4.98 Å². The molecule has 4 heterocycles. The summed E-state index contributed by atoms with van der Waals surface area (Å²) in [5.41, 5.74) is -2.82. The number of para-hydroxylation sites is 2. The number of benzene rings is 9. The molecule has 12 aromatic rings. The first-order chi connectivity index (χ1) is 43.7. The summed E-state index contributed by atoms with van der Waals surface area (Å²) in [7, 11) is 0. The third-order valence-electron chi connectivity index (χ3n) is 13.5. The summed E-state index contributed by atoms with van der Waals surface area (Å²) in [6.45, 7) is -6.04. The predicted octanol–water partition coefficient (Wildman–Crippen LogP) is 16.8. The standard InChI is InChI=1S/C68H52N4O.Pt/c1-42-18-14-19-43(2)64(42)46-36-58-54-27-11-9-25-52(54)51-24-8-10-26-53(51)57-29-17-31-61-67(57)71(66(58)59(37-46)65-44(3)20-15-21-45(65)4)41-70(61)48-22-16-23-49(39-48)73-50-32-33-56-55-28-12-13-30-60(55)72(62(56)40-50)63-38-47(34-35-69-63)68(5,6)7;/h8-38H,1-7H3;/q-2;/i1D3,2D3,3D3,4D3,8D,9D,10D,11D,24D,25D,26D,27D;. The van der Waals surface area contributed by atoms with Gasteiger partial charge in [-0.15, -0.1) is 29.7 Å². The van der Waals surface area contributed by atoms with Crippen LogP contribution >= 0.6 is 0 Å². The second kappa shape index (κ2) is 18.1. The van der Waals surface area contributed by atoms with Crippen LogP contribution < -0.4 is 9.30 Å². The zero-order valence-corrected chi connectivity index (χ0v) is 42.1. The second-order valence-electron chi connectivity index (χ2n) is 18.9. The third-order valence-corrected chi connectivity index (χ3v) is 13.5. The molecule has 0 saturated carbocycles. The molecule has 0 spiro atoms. The van der Waals surface area contributed by atoms with Gasteiger partial charge in [-0.1, -0.05) is 147 Å². The van der Waals surface area contributed by atoms with Crippen molar-refractivity contribution in [1.82, 2.24) is 14.1 Å². The topological polar surface area (TPSA) is 35.9 Å². The van der Waals surface area contributed by atoms with Crippen molar-refractivity contribution in [3.63, 3.8) is 0 Å². The van der Waals surface area contributed by atoms with Crippen molar-refractivity contribution in [1.29, 1.82) is 0 Å². The predicted molar refractivity (Wildman–Crippen MR) is 298 cm³/mol. The first-order valence-corrected chi connectivity index (χ1v) is 23.5. The number of aromatic nitrogens is 4. The number of fused-ring (bicyclic) bond motifs is 10. The van der Waals surface area contributed by atoms with Gasteiger partial charge in [-0.05, 0) is 158 Å². The van der Waals surface area contributed by atoms with E-state index in [2.05, 4.69) is 39.2 Å². The Morgan fingerprint density at radius 1 is 0.568 bits per heavy atom. The van der Waals surface area contributed by atoms with Crippen LogP contribution in [0.4, 0.5) is 0 Å². The molecule has 13 rings (SSSR count). The fraction of sp³-hybridized carbons (Fsp3) is 0.118. The van der Waals surface area contributed by atoms with Gasteiger partial charge < -0.3 is 13.9 Å². The summed E-state index contributed by atoms with van der Waals surface area (Å²) in [5, 5.41) is 1.83. The van der Waals surface area contributed by atoms with E-state index in [1.165, 1.54) is 63.7 Å². The number of hydrogen-bond donors (Lipinski definition) is 0. The van der Waals surface area contributed by atoms with Crippen LogP contribution in [0.5, 0.6) is 11.5 Å². The molecule has 0 amide bonds. The van der Waals surface area contributed by atoms with Gasteiger partial charge in [-0.2, -0.15) is 18.2 Å². The zero-order chi connectivity index (χ0) is 66.7. The van der Waals surface area contributed by atoms with Crippen molar-refractivity contribution in [2.75, 3.05) is 0 Å². The minimum absolute atomic E-state index is 0. The molecule has 1 aliphatic rings. The first kappa shape index (κ1) is 29.6. The Bertz CT molecular complexity index is 5110. The van der Waals surface area contributed by atoms with Crippen molar-refractivity contribution < 1.29 is 57.8 Å². The van der Waals surface area contributed by atoms with Gasteiger partial charge in [0.25, 0.3) is 6.33 Å². The summed E-state index contributed by atoms with van der Waals surface area (Å²) >= 11 is 0. The Balaban J connectivity index is 0.00000848. The van der Waals surface area contributed by atoms with Gasteiger partial charge >= 0.3 is 0 Å². The SMILES string of the molecule is [2H]c1c([2H])c([2H])c2c(c1[2H])-c1cc(-c3c(C([2H])([2H])[2H])cccc3C([2H])([2H])[2H])cc(-c3c(C([2H])([2H])[2H])cccc3C([2H])([2H])[2H])c1-[n+]1[c-]n(-c3[c-]c(Oc4[c-]c5c(cc4)c4ccccc4n5-c4cc(C(C)(C)C)ccn4)ccc3)c3cccc(c31)-c1c([2H])c([2H])c([2H])c([2H])c1-2.[Pt]. The molecule has 0 N–H and O–H groups in total. The maximum absolute atomic E-state index is 9.99. The molecule has 0 radical (unpaired) electrons. The molecule has 0 bridgehead atoms. The van der Waals surface area contributed by atoms with Crippen molar-refractivity contribution >= 4 is 32.8 Å². The number of aryl methyl sites for hydroxylation is 4. The van der Waals surface area contributed by atoms with Gasteiger partial charge in [0, 0.05) is 60.7 Å². The van der Waals surface area contributed by atoms with Gasteiger partial charge in [0.2, 0.25) is 0 Å². The largest absolute Gasteiger partial charge is 0.510 e. The molecular formula is C68H52N4OPt-2. The van der Waals surface area contributed by atoms with Crippen LogP contribution in [0, 0.1) is 45.9 Å². The Labute approximate surface area is 475 Å². The second-order valence-corrected chi connectivity index (χ2v) is 18.9. The Hall–Kier alpha value is -8.11. The minimum atomic E-state index is -3.14. The summed E-state index contributed by atoms with van der Waals surface area (Å²) in [5.74, 6) is 1.12. The van der Waals surface area contributed by atoms with Crippen LogP contribution in [0.3, 0.4) is 0 Å². The van der Waals surface area contributed by atoms with Gasteiger partial charge in [-0.3, -0.25) is 4.57 Å². The summed E-state index contributed by atoms with van der Waals surface area (Å²) in [4.78, 5) is 4.81. The quantitative estimate of drug-likeness (QED) is 0.123. The van der Waals surface area contributed by atoms with Gasteiger partial charge in [0.1, 0.15) is 5.82 Å². The average Bonchev–Trinajstić information content (AvgIpc) is 1.41. The number of pyridine rings is 1. The van der Waals surface area contributed by atoms with Gasteiger partial charge in [0.05, 0.1) is 27.7 Å². The monoisotopic (exact) mass is 1160 g/mol. The first-order valence-electron chi connectivity index (χ1n) is 33.5. The number of hydrogen-bond acceptors (Lipinski definition) is 2. The maximum Gasteiger partial charge on any atom is 0.268 e. The van der Waals surface area contributed by atoms with Crippen molar-refractivity contribution in [2.45, 2.75) is 53.6 Å². The van der Waals surface area contributed by atoms with Crippen LogP contribution in [-0.4, -0.2) is 14.1 Å². The molecule has 3 aromatic heterocycles. The van der Waals surface area contributed by atoms with Crippen LogP contribution in [-0.2, 0) is 26.5 Å². The molecule has 0 saturated heterocycles. The van der Waals surface area contributed by atoms with E-state index in [-0.39, 0.29) is 88.2 Å². The molecule has 74 heavy (non-hydrogen) atoms. The number of imidazole rings is 1. The molecule has 0 atom stereocenters. The molecule has 9 aromatic carbocycles. The fourth-order valence-electron chi connectivity index (χ4n) is 10.1. The molecule has 5 nitrogen and oxygen atoms in total.